The average Bonchev–Trinajstić information content (AvgIpc) is 2.71. The number of aliphatic imine (C=N–C) groups is 2. The van der Waals surface area contributed by atoms with Crippen LogP contribution in [0.3, 0.4) is 0 Å². The molecule has 0 unspecified atom stereocenters. The number of benzene rings is 2. The molecule has 0 bridgehead atoms. The quantitative estimate of drug-likeness (QED) is 0.302. The fraction of sp³-hybridized carbons (Fsp3) is 0.100. The lowest BCUT2D eigenvalue weighted by Gasteiger charge is -2.03. The van der Waals surface area contributed by atoms with Gasteiger partial charge in [0.1, 0.15) is 13.2 Å². The number of esters is 2. The largest absolute Gasteiger partial charge is 0.458 e. The minimum atomic E-state index is -0.706. The Labute approximate surface area is 159 Å². The van der Waals surface area contributed by atoms with Gasteiger partial charge in [-0.25, -0.2) is 19.2 Å². The van der Waals surface area contributed by atoms with Crippen molar-refractivity contribution in [1.29, 1.82) is 0 Å². The summed E-state index contributed by atoms with van der Waals surface area (Å²) in [7, 11) is 0. The molecule has 8 heteroatoms. The molecule has 0 aromatic heterocycles. The summed E-state index contributed by atoms with van der Waals surface area (Å²) in [5.74, 6) is -1.41. The first-order valence-corrected chi connectivity index (χ1v) is 7.96. The van der Waals surface area contributed by atoms with E-state index in [-0.39, 0.29) is 13.2 Å². The fourth-order valence-corrected chi connectivity index (χ4v) is 1.98. The lowest BCUT2D eigenvalue weighted by molar-refractivity contribution is -0.141. The van der Waals surface area contributed by atoms with E-state index < -0.39 is 11.9 Å². The Hall–Kier alpha value is -4.12. The highest BCUT2D eigenvalue weighted by Gasteiger charge is 2.03. The van der Waals surface area contributed by atoms with Crippen molar-refractivity contribution in [1.82, 2.24) is 0 Å². The second-order valence-corrected chi connectivity index (χ2v) is 5.29. The van der Waals surface area contributed by atoms with Crippen molar-refractivity contribution in [2.24, 2.45) is 9.98 Å². The number of ether oxygens (including phenoxy) is 2. The summed E-state index contributed by atoms with van der Waals surface area (Å²) < 4.78 is 9.99. The smallest absolute Gasteiger partial charge is 0.331 e. The van der Waals surface area contributed by atoms with Gasteiger partial charge < -0.3 is 9.47 Å². The molecule has 0 saturated heterocycles. The Balaban J connectivity index is 1.75. The van der Waals surface area contributed by atoms with Crippen LogP contribution in [0.4, 0.5) is 11.4 Å². The van der Waals surface area contributed by atoms with E-state index in [1.165, 1.54) is 12.2 Å². The fourth-order valence-electron chi connectivity index (χ4n) is 1.98. The Morgan fingerprint density at radius 2 is 1.07 bits per heavy atom. The molecule has 0 aliphatic carbocycles. The van der Waals surface area contributed by atoms with Crippen molar-refractivity contribution < 1.29 is 28.7 Å². The lowest BCUT2D eigenvalue weighted by atomic mass is 10.2. The number of carbonyl (C=O) groups excluding carboxylic acids is 4. The number of hydrogen-bond donors (Lipinski definition) is 0. The normalized spacial score (nSPS) is 9.86. The zero-order valence-electron chi connectivity index (χ0n) is 14.5. The molecular formula is C20H14N2O6. The average molecular weight is 378 g/mol. The third kappa shape index (κ3) is 7.01. The van der Waals surface area contributed by atoms with E-state index in [1.807, 2.05) is 0 Å². The van der Waals surface area contributed by atoms with Crippen LogP contribution in [0, 0.1) is 0 Å². The molecule has 0 N–H and O–H groups in total. The minimum Gasteiger partial charge on any atom is -0.458 e. The van der Waals surface area contributed by atoms with Gasteiger partial charge in [-0.3, -0.25) is 0 Å². The lowest BCUT2D eigenvalue weighted by Crippen LogP contribution is -2.04. The SMILES string of the molecule is O=C=Nc1ccc(COC(=O)C=CC(=O)OCc2ccc(N=C=O)cc2)cc1. The van der Waals surface area contributed by atoms with E-state index in [0.29, 0.717) is 22.5 Å². The standard InChI is InChI=1S/C20H14N2O6/c23-13-21-17-5-1-15(2-6-17)11-27-19(25)9-10-20(26)28-12-16-3-7-18(8-4-16)22-14-24/h1-10H,11-12H2. The van der Waals surface area contributed by atoms with E-state index >= 15 is 0 Å². The molecule has 0 atom stereocenters. The van der Waals surface area contributed by atoms with Crippen molar-refractivity contribution in [2.45, 2.75) is 13.2 Å². The third-order valence-electron chi connectivity index (χ3n) is 3.34. The van der Waals surface area contributed by atoms with Crippen LogP contribution in [0.15, 0.2) is 70.7 Å². The van der Waals surface area contributed by atoms with Crippen LogP contribution in [0.2, 0.25) is 0 Å². The monoisotopic (exact) mass is 378 g/mol. The summed E-state index contributed by atoms with van der Waals surface area (Å²) >= 11 is 0. The molecule has 2 rings (SSSR count). The Bertz CT molecular complexity index is 872. The maximum absolute atomic E-state index is 11.6. The molecule has 8 nitrogen and oxygen atoms in total. The number of nitrogens with zero attached hydrogens (tertiary/aromatic N) is 2. The van der Waals surface area contributed by atoms with Crippen LogP contribution in [0.25, 0.3) is 0 Å². The molecule has 0 saturated carbocycles. The summed E-state index contributed by atoms with van der Waals surface area (Å²) in [5.41, 5.74) is 2.27. The van der Waals surface area contributed by atoms with E-state index in [1.54, 1.807) is 48.5 Å². The van der Waals surface area contributed by atoms with Crippen molar-refractivity contribution in [2.75, 3.05) is 0 Å². The number of carbonyl (C=O) groups is 2. The highest BCUT2D eigenvalue weighted by Crippen LogP contribution is 2.13. The van der Waals surface area contributed by atoms with Crippen molar-refractivity contribution >= 4 is 35.5 Å². The molecule has 0 spiro atoms. The predicted octanol–water partition coefficient (Wildman–Crippen LogP) is 2.96. The zero-order valence-corrected chi connectivity index (χ0v) is 14.5. The van der Waals surface area contributed by atoms with Crippen LogP contribution in [-0.2, 0) is 41.9 Å². The number of hydrogen-bond acceptors (Lipinski definition) is 8. The van der Waals surface area contributed by atoms with Crippen LogP contribution < -0.4 is 0 Å². The first-order valence-electron chi connectivity index (χ1n) is 7.96. The molecule has 0 radical (unpaired) electrons. The Morgan fingerprint density at radius 1 is 0.714 bits per heavy atom. The van der Waals surface area contributed by atoms with Gasteiger partial charge in [-0.2, -0.15) is 9.98 Å². The van der Waals surface area contributed by atoms with Gasteiger partial charge >= 0.3 is 11.9 Å². The molecule has 0 heterocycles. The van der Waals surface area contributed by atoms with Gasteiger partial charge in [0.15, 0.2) is 0 Å². The summed E-state index contributed by atoms with van der Waals surface area (Å²) in [6.45, 7) is -0.00214. The van der Waals surface area contributed by atoms with Gasteiger partial charge in [0, 0.05) is 12.2 Å². The number of isocyanates is 2. The van der Waals surface area contributed by atoms with Crippen LogP contribution in [0.1, 0.15) is 11.1 Å². The topological polar surface area (TPSA) is 111 Å². The third-order valence-corrected chi connectivity index (χ3v) is 3.34. The molecule has 0 aliphatic heterocycles. The zero-order chi connectivity index (χ0) is 20.2. The molecule has 0 fully saturated rings. The summed E-state index contributed by atoms with van der Waals surface area (Å²) in [6, 6.07) is 12.9. The maximum Gasteiger partial charge on any atom is 0.331 e. The van der Waals surface area contributed by atoms with E-state index in [4.69, 9.17) is 9.47 Å². The van der Waals surface area contributed by atoms with Crippen LogP contribution >= 0.6 is 0 Å². The maximum atomic E-state index is 11.6. The van der Waals surface area contributed by atoms with Crippen LogP contribution in [0.5, 0.6) is 0 Å². The molecule has 28 heavy (non-hydrogen) atoms. The van der Waals surface area contributed by atoms with Crippen molar-refractivity contribution in [3.8, 4) is 0 Å². The minimum absolute atomic E-state index is 0.00107. The number of rotatable bonds is 8. The van der Waals surface area contributed by atoms with Gasteiger partial charge in [-0.1, -0.05) is 24.3 Å². The van der Waals surface area contributed by atoms with Crippen molar-refractivity contribution in [3.05, 3.63) is 71.8 Å². The van der Waals surface area contributed by atoms with Gasteiger partial charge in [-0.15, -0.1) is 0 Å². The predicted molar refractivity (Wildman–Crippen MR) is 97.2 cm³/mol. The molecule has 0 amide bonds. The summed E-state index contributed by atoms with van der Waals surface area (Å²) in [4.78, 5) is 50.5. The van der Waals surface area contributed by atoms with E-state index in [9.17, 15) is 19.2 Å². The first kappa shape index (κ1) is 20.2. The summed E-state index contributed by atoms with van der Waals surface area (Å²) in [5, 5.41) is 0. The highest BCUT2D eigenvalue weighted by atomic mass is 16.5. The second-order valence-electron chi connectivity index (χ2n) is 5.29. The molecule has 2 aromatic carbocycles. The first-order chi connectivity index (χ1) is 13.6. The second kappa shape index (κ2) is 10.8. The molecular weight excluding hydrogens is 364 g/mol. The van der Waals surface area contributed by atoms with Gasteiger partial charge in [0.05, 0.1) is 11.4 Å². The van der Waals surface area contributed by atoms with Gasteiger partial charge in [0.25, 0.3) is 0 Å². The van der Waals surface area contributed by atoms with E-state index in [0.717, 1.165) is 12.2 Å². The summed E-state index contributed by atoms with van der Waals surface area (Å²) in [6.07, 6.45) is 4.79. The van der Waals surface area contributed by atoms with E-state index in [2.05, 4.69) is 9.98 Å². The highest BCUT2D eigenvalue weighted by molar-refractivity contribution is 5.91. The Kier molecular flexibility index (Phi) is 7.77. The van der Waals surface area contributed by atoms with Gasteiger partial charge in [0.2, 0.25) is 12.2 Å². The van der Waals surface area contributed by atoms with Crippen molar-refractivity contribution in [3.63, 3.8) is 0 Å². The molecule has 140 valence electrons. The Morgan fingerprint density at radius 3 is 1.39 bits per heavy atom. The molecule has 0 aliphatic rings. The molecule has 2 aromatic rings. The van der Waals surface area contributed by atoms with Gasteiger partial charge in [-0.05, 0) is 35.4 Å². The van der Waals surface area contributed by atoms with Crippen LogP contribution in [-0.4, -0.2) is 24.1 Å².